The molecule has 3 aromatic carbocycles. The molecule has 0 aliphatic heterocycles. The third-order valence-electron chi connectivity index (χ3n) is 5.70. The maximum atomic E-state index is 13.6. The number of rotatable bonds is 9. The number of benzene rings is 3. The van der Waals surface area contributed by atoms with Gasteiger partial charge < -0.3 is 10.2 Å². The molecule has 0 heterocycles. The number of amides is 2. The van der Waals surface area contributed by atoms with Crippen LogP contribution in [0, 0.1) is 13.8 Å². The predicted octanol–water partition coefficient (Wildman–Crippen LogP) is 4.62. The molecule has 1 atom stereocenters. The zero-order chi connectivity index (χ0) is 22.9. The molecule has 3 rings (SSSR count). The highest BCUT2D eigenvalue weighted by Gasteiger charge is 2.30. The van der Waals surface area contributed by atoms with Crippen molar-refractivity contribution in [3.8, 4) is 0 Å². The van der Waals surface area contributed by atoms with E-state index in [0.717, 1.165) is 27.8 Å². The third kappa shape index (κ3) is 6.30. The number of hydrogen-bond donors (Lipinski definition) is 1. The maximum Gasteiger partial charge on any atom is 0.243 e. The highest BCUT2D eigenvalue weighted by atomic mass is 16.2. The highest BCUT2D eigenvalue weighted by molar-refractivity contribution is 5.88. The predicted molar refractivity (Wildman–Crippen MR) is 129 cm³/mol. The van der Waals surface area contributed by atoms with Gasteiger partial charge in [-0.1, -0.05) is 84.4 Å². The zero-order valence-electron chi connectivity index (χ0n) is 19.2. The minimum atomic E-state index is -0.588. The van der Waals surface area contributed by atoms with Crippen molar-refractivity contribution in [1.29, 1.82) is 0 Å². The van der Waals surface area contributed by atoms with Gasteiger partial charge in [-0.3, -0.25) is 9.59 Å². The second-order valence-electron chi connectivity index (χ2n) is 8.21. The van der Waals surface area contributed by atoms with Crippen LogP contribution in [0.3, 0.4) is 0 Å². The monoisotopic (exact) mass is 428 g/mol. The Morgan fingerprint density at radius 2 is 1.50 bits per heavy atom. The van der Waals surface area contributed by atoms with Crippen molar-refractivity contribution in [3.05, 3.63) is 107 Å². The van der Waals surface area contributed by atoms with E-state index in [1.807, 2.05) is 99.6 Å². The van der Waals surface area contributed by atoms with Crippen LogP contribution in [0.1, 0.15) is 34.7 Å². The largest absolute Gasteiger partial charge is 0.355 e. The Labute approximate surface area is 191 Å². The average molecular weight is 429 g/mol. The number of carbonyl (C=O) groups is 2. The second kappa shape index (κ2) is 11.3. The molecule has 0 aliphatic rings. The van der Waals surface area contributed by atoms with Crippen LogP contribution in [0.2, 0.25) is 0 Å². The summed E-state index contributed by atoms with van der Waals surface area (Å²) in [6.07, 6.45) is 0.731. The van der Waals surface area contributed by atoms with Crippen molar-refractivity contribution in [3.63, 3.8) is 0 Å². The van der Waals surface area contributed by atoms with Gasteiger partial charge in [0, 0.05) is 19.5 Å². The van der Waals surface area contributed by atoms with Gasteiger partial charge in [0.05, 0.1) is 6.42 Å². The lowest BCUT2D eigenvalue weighted by Gasteiger charge is -2.32. The van der Waals surface area contributed by atoms with Gasteiger partial charge in [0.25, 0.3) is 0 Å². The van der Waals surface area contributed by atoms with Gasteiger partial charge in [0.1, 0.15) is 6.04 Å². The van der Waals surface area contributed by atoms with Crippen LogP contribution < -0.4 is 5.32 Å². The molecule has 0 bridgehead atoms. The standard InChI is InChI=1S/C28H32N2O2/c1-4-29-28(32)26(18-23-11-6-5-7-12-23)30(20-25-13-9-8-10-22(25)3)27(31)19-24-16-14-21(2)15-17-24/h5-17,26H,4,18-20H2,1-3H3,(H,29,32)/t26-/m1/s1. The Hall–Kier alpha value is -3.40. The Bertz CT molecular complexity index is 1030. The van der Waals surface area contributed by atoms with E-state index in [4.69, 9.17) is 0 Å². The van der Waals surface area contributed by atoms with Crippen LogP contribution >= 0.6 is 0 Å². The summed E-state index contributed by atoms with van der Waals surface area (Å²) in [6, 6.07) is 25.3. The van der Waals surface area contributed by atoms with E-state index in [-0.39, 0.29) is 18.2 Å². The molecule has 0 aliphatic carbocycles. The van der Waals surface area contributed by atoms with E-state index < -0.39 is 6.04 Å². The van der Waals surface area contributed by atoms with Crippen molar-refractivity contribution in [2.45, 2.75) is 46.2 Å². The summed E-state index contributed by atoms with van der Waals surface area (Å²) in [7, 11) is 0. The number of nitrogens with one attached hydrogen (secondary N) is 1. The minimum absolute atomic E-state index is 0.0516. The maximum absolute atomic E-state index is 13.6. The molecule has 0 unspecified atom stereocenters. The van der Waals surface area contributed by atoms with Gasteiger partial charge in [-0.15, -0.1) is 0 Å². The van der Waals surface area contributed by atoms with Crippen molar-refractivity contribution < 1.29 is 9.59 Å². The smallest absolute Gasteiger partial charge is 0.243 e. The number of likely N-dealkylation sites (N-methyl/N-ethyl adjacent to an activating group) is 1. The molecule has 0 saturated carbocycles. The normalized spacial score (nSPS) is 11.6. The summed E-state index contributed by atoms with van der Waals surface area (Å²) in [5.41, 5.74) is 5.29. The molecule has 0 fully saturated rings. The van der Waals surface area contributed by atoms with Crippen LogP contribution in [-0.2, 0) is 29.0 Å². The lowest BCUT2D eigenvalue weighted by atomic mass is 10.00. The fourth-order valence-corrected chi connectivity index (χ4v) is 3.80. The van der Waals surface area contributed by atoms with Crippen LogP contribution in [0.25, 0.3) is 0 Å². The van der Waals surface area contributed by atoms with Gasteiger partial charge in [0.15, 0.2) is 0 Å². The first kappa shape index (κ1) is 23.3. The van der Waals surface area contributed by atoms with Gasteiger partial charge in [-0.2, -0.15) is 0 Å². The molecule has 32 heavy (non-hydrogen) atoms. The van der Waals surface area contributed by atoms with Crippen LogP contribution in [0.15, 0.2) is 78.9 Å². The number of carbonyl (C=O) groups excluding carboxylic acids is 2. The number of hydrogen-bond acceptors (Lipinski definition) is 2. The van der Waals surface area contributed by atoms with E-state index >= 15 is 0 Å². The Balaban J connectivity index is 1.95. The van der Waals surface area contributed by atoms with Gasteiger partial charge in [-0.25, -0.2) is 0 Å². The SMILES string of the molecule is CCNC(=O)[C@@H](Cc1ccccc1)N(Cc1ccccc1C)C(=O)Cc1ccc(C)cc1. The lowest BCUT2D eigenvalue weighted by Crippen LogP contribution is -2.51. The highest BCUT2D eigenvalue weighted by Crippen LogP contribution is 2.18. The first-order chi connectivity index (χ1) is 15.5. The molecule has 0 saturated heterocycles. The molecular formula is C28H32N2O2. The summed E-state index contributed by atoms with van der Waals surface area (Å²) in [5, 5.41) is 2.94. The van der Waals surface area contributed by atoms with Crippen molar-refractivity contribution in [2.75, 3.05) is 6.54 Å². The summed E-state index contributed by atoms with van der Waals surface area (Å²) in [4.78, 5) is 28.5. The zero-order valence-corrected chi connectivity index (χ0v) is 19.2. The molecule has 0 spiro atoms. The van der Waals surface area contributed by atoms with E-state index in [2.05, 4.69) is 5.32 Å². The topological polar surface area (TPSA) is 49.4 Å². The molecule has 4 nitrogen and oxygen atoms in total. The van der Waals surface area contributed by atoms with Crippen LogP contribution in [0.4, 0.5) is 0 Å². The van der Waals surface area contributed by atoms with Gasteiger partial charge in [-0.05, 0) is 43.0 Å². The molecular weight excluding hydrogens is 396 g/mol. The van der Waals surface area contributed by atoms with Crippen LogP contribution in [-0.4, -0.2) is 29.3 Å². The fraction of sp³-hybridized carbons (Fsp3) is 0.286. The Morgan fingerprint density at radius 3 is 2.16 bits per heavy atom. The van der Waals surface area contributed by atoms with Crippen molar-refractivity contribution in [2.24, 2.45) is 0 Å². The second-order valence-corrected chi connectivity index (χ2v) is 8.21. The summed E-state index contributed by atoms with van der Waals surface area (Å²) in [5.74, 6) is -0.175. The molecule has 0 radical (unpaired) electrons. The summed E-state index contributed by atoms with van der Waals surface area (Å²) < 4.78 is 0. The van der Waals surface area contributed by atoms with Gasteiger partial charge in [0.2, 0.25) is 11.8 Å². The quantitative estimate of drug-likeness (QED) is 0.541. The van der Waals surface area contributed by atoms with Gasteiger partial charge >= 0.3 is 0 Å². The first-order valence-electron chi connectivity index (χ1n) is 11.2. The van der Waals surface area contributed by atoms with Crippen LogP contribution in [0.5, 0.6) is 0 Å². The van der Waals surface area contributed by atoms with E-state index in [1.54, 1.807) is 4.90 Å². The summed E-state index contributed by atoms with van der Waals surface area (Å²) in [6.45, 7) is 6.88. The third-order valence-corrected chi connectivity index (χ3v) is 5.70. The molecule has 166 valence electrons. The molecule has 4 heteroatoms. The minimum Gasteiger partial charge on any atom is -0.355 e. The molecule has 1 N–H and O–H groups in total. The number of nitrogens with zero attached hydrogens (tertiary/aromatic N) is 1. The van der Waals surface area contributed by atoms with Crippen molar-refractivity contribution in [1.82, 2.24) is 10.2 Å². The van der Waals surface area contributed by atoms with E-state index in [1.165, 1.54) is 0 Å². The lowest BCUT2D eigenvalue weighted by molar-refractivity contribution is -0.140. The molecule has 3 aromatic rings. The van der Waals surface area contributed by atoms with Crippen molar-refractivity contribution >= 4 is 11.8 Å². The first-order valence-corrected chi connectivity index (χ1v) is 11.2. The number of aryl methyl sites for hydroxylation is 2. The Morgan fingerprint density at radius 1 is 0.844 bits per heavy atom. The fourth-order valence-electron chi connectivity index (χ4n) is 3.80. The van der Waals surface area contributed by atoms with E-state index in [0.29, 0.717) is 19.5 Å². The average Bonchev–Trinajstić information content (AvgIpc) is 2.79. The molecule has 2 amide bonds. The Kier molecular flexibility index (Phi) is 8.20. The van der Waals surface area contributed by atoms with E-state index in [9.17, 15) is 9.59 Å². The summed E-state index contributed by atoms with van der Waals surface area (Å²) >= 11 is 0. The molecule has 0 aromatic heterocycles.